The molecule has 0 amide bonds. The van der Waals surface area contributed by atoms with Gasteiger partial charge in [0, 0.05) is 17.5 Å². The summed E-state index contributed by atoms with van der Waals surface area (Å²) in [4.78, 5) is 32.7. The maximum Gasteiger partial charge on any atom is 0.345 e. The van der Waals surface area contributed by atoms with Crippen molar-refractivity contribution in [2.75, 3.05) is 19.6 Å². The summed E-state index contributed by atoms with van der Waals surface area (Å²) in [5.74, 6) is 0.143. The predicted molar refractivity (Wildman–Crippen MR) is 81.4 cm³/mol. The molecule has 110 valence electrons. The van der Waals surface area contributed by atoms with Crippen LogP contribution in [0.3, 0.4) is 0 Å². The van der Waals surface area contributed by atoms with E-state index in [-0.39, 0.29) is 12.2 Å². The van der Waals surface area contributed by atoms with Gasteiger partial charge in [-0.3, -0.25) is 9.69 Å². The molecule has 1 aliphatic heterocycles. The lowest BCUT2D eigenvalue weighted by Crippen LogP contribution is -2.35. The van der Waals surface area contributed by atoms with Crippen LogP contribution >= 0.6 is 0 Å². The maximum atomic E-state index is 12.3. The Morgan fingerprint density at radius 1 is 1.19 bits per heavy atom. The van der Waals surface area contributed by atoms with Crippen molar-refractivity contribution in [3.05, 3.63) is 40.4 Å². The lowest BCUT2D eigenvalue weighted by Gasteiger charge is -2.25. The van der Waals surface area contributed by atoms with E-state index in [1.54, 1.807) is 6.07 Å². The van der Waals surface area contributed by atoms with Crippen LogP contribution in [0.1, 0.15) is 25.0 Å². The van der Waals surface area contributed by atoms with Gasteiger partial charge in [0.05, 0.1) is 12.1 Å². The quantitative estimate of drug-likeness (QED) is 0.925. The van der Waals surface area contributed by atoms with Crippen LogP contribution in [0, 0.1) is 0 Å². The lowest BCUT2D eigenvalue weighted by atomic mass is 10.1. The van der Waals surface area contributed by atoms with Crippen LogP contribution < -0.4 is 5.69 Å². The molecule has 0 unspecified atom stereocenters. The third kappa shape index (κ3) is 3.36. The molecule has 1 fully saturated rings. The number of H-pyrrole nitrogens is 1. The zero-order valence-electron chi connectivity index (χ0n) is 12.0. The van der Waals surface area contributed by atoms with E-state index in [0.29, 0.717) is 17.8 Å². The second-order valence-corrected chi connectivity index (χ2v) is 5.59. The topological polar surface area (TPSA) is 66.1 Å². The molecule has 1 N–H and O–H groups in total. The summed E-state index contributed by atoms with van der Waals surface area (Å²) in [6, 6.07) is 7.42. The number of piperidine rings is 1. The van der Waals surface area contributed by atoms with Crippen LogP contribution in [0.5, 0.6) is 0 Å². The van der Waals surface area contributed by atoms with Crippen molar-refractivity contribution >= 4 is 16.7 Å². The molecule has 2 aromatic rings. The van der Waals surface area contributed by atoms with E-state index in [9.17, 15) is 9.59 Å². The molecule has 1 aromatic carbocycles. The minimum absolute atomic E-state index is 0.143. The minimum atomic E-state index is -0.394. The van der Waals surface area contributed by atoms with E-state index in [2.05, 4.69) is 14.9 Å². The number of aromatic nitrogens is 2. The summed E-state index contributed by atoms with van der Waals surface area (Å²) in [6.45, 7) is 2.47. The highest BCUT2D eigenvalue weighted by atomic mass is 16.1. The number of likely N-dealkylation sites (tertiary alicyclic amines) is 1. The first-order valence-electron chi connectivity index (χ1n) is 7.44. The van der Waals surface area contributed by atoms with E-state index >= 15 is 0 Å². The SMILES string of the molecule is O=C(Cc1[nH]c(=O)nc2ccccc12)CN1CCCCC1. The molecule has 0 bridgehead atoms. The van der Waals surface area contributed by atoms with Gasteiger partial charge in [-0.15, -0.1) is 0 Å². The van der Waals surface area contributed by atoms with Gasteiger partial charge in [0.1, 0.15) is 0 Å². The number of ketones is 1. The summed E-state index contributed by atoms with van der Waals surface area (Å²) in [5.41, 5.74) is 0.920. The van der Waals surface area contributed by atoms with Crippen molar-refractivity contribution in [2.24, 2.45) is 0 Å². The summed E-state index contributed by atoms with van der Waals surface area (Å²) in [6.07, 6.45) is 3.85. The normalized spacial score (nSPS) is 16.2. The Bertz CT molecular complexity index is 702. The first-order valence-corrected chi connectivity index (χ1v) is 7.44. The second kappa shape index (κ2) is 6.18. The zero-order chi connectivity index (χ0) is 14.7. The molecule has 0 radical (unpaired) electrons. The number of para-hydroxylation sites is 1. The number of benzene rings is 1. The average Bonchev–Trinajstić information content (AvgIpc) is 2.48. The fourth-order valence-electron chi connectivity index (χ4n) is 2.92. The van der Waals surface area contributed by atoms with E-state index in [1.165, 1.54) is 19.3 Å². The van der Waals surface area contributed by atoms with Gasteiger partial charge in [0.15, 0.2) is 5.78 Å². The van der Waals surface area contributed by atoms with Crippen molar-refractivity contribution in [1.29, 1.82) is 0 Å². The van der Waals surface area contributed by atoms with Gasteiger partial charge < -0.3 is 4.98 Å². The monoisotopic (exact) mass is 285 g/mol. The molecule has 21 heavy (non-hydrogen) atoms. The molecule has 0 saturated carbocycles. The number of carbonyl (C=O) groups is 1. The molecular formula is C16H19N3O2. The predicted octanol–water partition coefficient (Wildman–Crippen LogP) is 1.52. The highest BCUT2D eigenvalue weighted by molar-refractivity contribution is 5.88. The third-order valence-corrected chi connectivity index (χ3v) is 3.93. The van der Waals surface area contributed by atoms with Crippen molar-refractivity contribution in [1.82, 2.24) is 14.9 Å². The van der Waals surface area contributed by atoms with Gasteiger partial charge >= 0.3 is 5.69 Å². The lowest BCUT2D eigenvalue weighted by molar-refractivity contribution is -0.119. The Morgan fingerprint density at radius 2 is 1.95 bits per heavy atom. The van der Waals surface area contributed by atoms with Crippen LogP contribution in [0.2, 0.25) is 0 Å². The van der Waals surface area contributed by atoms with E-state index < -0.39 is 5.69 Å². The van der Waals surface area contributed by atoms with Gasteiger partial charge in [0.25, 0.3) is 0 Å². The zero-order valence-corrected chi connectivity index (χ0v) is 12.0. The fraction of sp³-hybridized carbons (Fsp3) is 0.438. The van der Waals surface area contributed by atoms with Crippen molar-refractivity contribution < 1.29 is 4.79 Å². The minimum Gasteiger partial charge on any atom is -0.309 e. The number of carbonyl (C=O) groups excluding carboxylic acids is 1. The largest absolute Gasteiger partial charge is 0.345 e. The molecular weight excluding hydrogens is 266 g/mol. The Balaban J connectivity index is 1.77. The summed E-state index contributed by atoms with van der Waals surface area (Å²) in [7, 11) is 0. The van der Waals surface area contributed by atoms with Crippen LogP contribution in [-0.4, -0.2) is 40.3 Å². The number of hydrogen-bond donors (Lipinski definition) is 1. The average molecular weight is 285 g/mol. The maximum absolute atomic E-state index is 12.3. The number of hydrogen-bond acceptors (Lipinski definition) is 4. The number of Topliss-reactive ketones (excluding diaryl/α,β-unsaturated/α-hetero) is 1. The highest BCUT2D eigenvalue weighted by Gasteiger charge is 2.15. The first kappa shape index (κ1) is 13.9. The fourth-order valence-corrected chi connectivity index (χ4v) is 2.92. The Labute approximate surface area is 123 Å². The molecule has 5 heteroatoms. The Hall–Kier alpha value is -2.01. The molecule has 3 rings (SSSR count). The molecule has 0 spiro atoms. The van der Waals surface area contributed by atoms with Crippen molar-refractivity contribution in [2.45, 2.75) is 25.7 Å². The van der Waals surface area contributed by atoms with Gasteiger partial charge in [-0.05, 0) is 32.0 Å². The van der Waals surface area contributed by atoms with Gasteiger partial charge in [-0.25, -0.2) is 4.79 Å². The smallest absolute Gasteiger partial charge is 0.309 e. The second-order valence-electron chi connectivity index (χ2n) is 5.59. The number of aromatic amines is 1. The molecule has 0 atom stereocenters. The molecule has 1 saturated heterocycles. The summed E-state index contributed by atoms with van der Waals surface area (Å²) >= 11 is 0. The first-order chi connectivity index (χ1) is 10.2. The standard InChI is InChI=1S/C16H19N3O2/c20-12(11-19-8-4-1-5-9-19)10-15-13-6-2-3-7-14(13)17-16(21)18-15/h2-3,6-7H,1,4-5,8-11H2,(H,17,18,21). The van der Waals surface area contributed by atoms with E-state index in [4.69, 9.17) is 0 Å². The summed E-state index contributed by atoms with van der Waals surface area (Å²) < 4.78 is 0. The van der Waals surface area contributed by atoms with Crippen molar-refractivity contribution in [3.8, 4) is 0 Å². The highest BCUT2D eigenvalue weighted by Crippen LogP contribution is 2.14. The number of fused-ring (bicyclic) bond motifs is 1. The molecule has 0 aliphatic carbocycles. The number of rotatable bonds is 4. The van der Waals surface area contributed by atoms with Crippen LogP contribution in [0.15, 0.2) is 29.1 Å². The number of nitrogens with zero attached hydrogens (tertiary/aromatic N) is 2. The molecule has 1 aliphatic rings. The van der Waals surface area contributed by atoms with E-state index in [0.717, 1.165) is 18.5 Å². The molecule has 5 nitrogen and oxygen atoms in total. The molecule has 1 aromatic heterocycles. The Kier molecular flexibility index (Phi) is 4.10. The third-order valence-electron chi connectivity index (χ3n) is 3.93. The van der Waals surface area contributed by atoms with Crippen LogP contribution in [-0.2, 0) is 11.2 Å². The van der Waals surface area contributed by atoms with Crippen LogP contribution in [0.25, 0.3) is 10.9 Å². The number of nitrogens with one attached hydrogen (secondary N) is 1. The van der Waals surface area contributed by atoms with Gasteiger partial charge in [0.2, 0.25) is 0 Å². The summed E-state index contributed by atoms with van der Waals surface area (Å²) in [5, 5.41) is 0.851. The van der Waals surface area contributed by atoms with Gasteiger partial charge in [-0.1, -0.05) is 24.6 Å². The van der Waals surface area contributed by atoms with Crippen LogP contribution in [0.4, 0.5) is 0 Å². The van der Waals surface area contributed by atoms with Crippen molar-refractivity contribution in [3.63, 3.8) is 0 Å². The molecule has 2 heterocycles. The Morgan fingerprint density at radius 3 is 2.76 bits per heavy atom. The van der Waals surface area contributed by atoms with Gasteiger partial charge in [-0.2, -0.15) is 4.98 Å². The van der Waals surface area contributed by atoms with E-state index in [1.807, 2.05) is 18.2 Å².